The van der Waals surface area contributed by atoms with Crippen LogP contribution in [-0.4, -0.2) is 22.4 Å². The predicted octanol–water partition coefficient (Wildman–Crippen LogP) is 3.72. The van der Waals surface area contributed by atoms with E-state index in [1.54, 1.807) is 16.8 Å². The number of aromatic nitrogens is 1. The van der Waals surface area contributed by atoms with Gasteiger partial charge in [-0.1, -0.05) is 44.7 Å². The number of amides is 1. The average molecular weight is 432 g/mol. The summed E-state index contributed by atoms with van der Waals surface area (Å²) in [5.74, 6) is -0.272. The van der Waals surface area contributed by atoms with Gasteiger partial charge in [-0.3, -0.25) is 14.2 Å². The molecule has 30 heavy (non-hydrogen) atoms. The van der Waals surface area contributed by atoms with Crippen LogP contribution in [0.2, 0.25) is 5.02 Å². The van der Waals surface area contributed by atoms with E-state index in [1.807, 2.05) is 6.08 Å². The normalized spacial score (nSPS) is 27.1. The van der Waals surface area contributed by atoms with Crippen LogP contribution in [-0.2, 0) is 5.66 Å². The van der Waals surface area contributed by atoms with Gasteiger partial charge in [-0.05, 0) is 44.2 Å². The third-order valence-electron chi connectivity index (χ3n) is 7.23. The van der Waals surface area contributed by atoms with Gasteiger partial charge in [-0.15, -0.1) is 0 Å². The van der Waals surface area contributed by atoms with Crippen LogP contribution >= 0.6 is 11.6 Å². The lowest BCUT2D eigenvalue weighted by Crippen LogP contribution is -2.58. The molecule has 1 aromatic rings. The molecule has 0 radical (unpaired) electrons. The van der Waals surface area contributed by atoms with Crippen molar-refractivity contribution in [1.29, 1.82) is 0 Å². The number of fused-ring (bicyclic) bond motifs is 2. The molecule has 1 aromatic heterocycles. The fourth-order valence-electron chi connectivity index (χ4n) is 5.53. The van der Waals surface area contributed by atoms with Gasteiger partial charge in [0.1, 0.15) is 17.0 Å². The maximum absolute atomic E-state index is 13.8. The first-order valence-electron chi connectivity index (χ1n) is 10.7. The lowest BCUT2D eigenvalue weighted by molar-refractivity contribution is 0.0100. The lowest BCUT2D eigenvalue weighted by Gasteiger charge is -2.48. The molecule has 2 heterocycles. The van der Waals surface area contributed by atoms with Crippen molar-refractivity contribution in [1.82, 2.24) is 9.88 Å². The zero-order chi connectivity index (χ0) is 21.6. The molecular weight excluding hydrogens is 402 g/mol. The highest BCUT2D eigenvalue weighted by molar-refractivity contribution is 6.34. The van der Waals surface area contributed by atoms with Gasteiger partial charge < -0.3 is 16.4 Å². The fourth-order valence-corrected chi connectivity index (χ4v) is 5.81. The summed E-state index contributed by atoms with van der Waals surface area (Å²) < 4.78 is 1.64. The topological polar surface area (TPSA) is 102 Å². The first-order chi connectivity index (χ1) is 14.3. The van der Waals surface area contributed by atoms with Crippen molar-refractivity contribution in [3.63, 3.8) is 0 Å². The number of halogens is 1. The van der Waals surface area contributed by atoms with Crippen LogP contribution in [0.5, 0.6) is 0 Å². The summed E-state index contributed by atoms with van der Waals surface area (Å²) in [6.45, 7) is 4.24. The van der Waals surface area contributed by atoms with E-state index < -0.39 is 5.66 Å². The first kappa shape index (κ1) is 21.0. The fraction of sp³-hybridized carbons (Fsp3) is 0.591. The summed E-state index contributed by atoms with van der Waals surface area (Å²) in [5, 5.41) is 6.90. The number of nitrogens with one attached hydrogen (secondary N) is 2. The molecule has 2 aliphatic carbocycles. The molecule has 1 spiro atoms. The predicted molar refractivity (Wildman–Crippen MR) is 120 cm³/mol. The van der Waals surface area contributed by atoms with E-state index in [1.165, 1.54) is 6.34 Å². The van der Waals surface area contributed by atoms with Gasteiger partial charge in [0.15, 0.2) is 0 Å². The number of aliphatic imine (C=N–C) groups is 1. The van der Waals surface area contributed by atoms with Crippen LogP contribution < -0.4 is 21.9 Å². The highest BCUT2D eigenvalue weighted by atomic mass is 35.5. The van der Waals surface area contributed by atoms with E-state index in [2.05, 4.69) is 29.5 Å². The standard InChI is InChI=1S/C22H30ClN5O2/c1-20(2)7-3-6-10-22(20)27-18(29)17-15(23)13-16(19(30)28(17)22)26-21(8-4-5-9-21)11-12-25-14-24/h11-14,26H,3-10H2,1-2H3,(H2,24,25)(H,27,29)/b12-11-. The molecule has 4 rings (SSSR count). The number of nitrogens with two attached hydrogens (primary N) is 1. The quantitative estimate of drug-likeness (QED) is 0.499. The van der Waals surface area contributed by atoms with Gasteiger partial charge >= 0.3 is 0 Å². The maximum atomic E-state index is 13.8. The van der Waals surface area contributed by atoms with Crippen LogP contribution in [0.15, 0.2) is 28.1 Å². The summed E-state index contributed by atoms with van der Waals surface area (Å²) >= 11 is 6.58. The van der Waals surface area contributed by atoms with E-state index in [0.29, 0.717) is 17.1 Å². The molecule has 2 saturated carbocycles. The molecule has 162 valence electrons. The highest BCUT2D eigenvalue weighted by Gasteiger charge is 2.55. The minimum Gasteiger partial charge on any atom is -0.390 e. The Hall–Kier alpha value is -2.28. The van der Waals surface area contributed by atoms with E-state index >= 15 is 0 Å². The number of nitrogens with zero attached hydrogens (tertiary/aromatic N) is 2. The number of hydrogen-bond acceptors (Lipinski definition) is 4. The van der Waals surface area contributed by atoms with Crippen molar-refractivity contribution in [2.45, 2.75) is 76.4 Å². The van der Waals surface area contributed by atoms with Crippen molar-refractivity contribution in [2.24, 2.45) is 16.1 Å². The van der Waals surface area contributed by atoms with Gasteiger partial charge in [0, 0.05) is 11.6 Å². The molecule has 1 aliphatic heterocycles. The Labute approximate surface area is 181 Å². The third kappa shape index (κ3) is 3.14. The Bertz CT molecular complexity index is 974. The van der Waals surface area contributed by atoms with Gasteiger partial charge in [0.2, 0.25) is 0 Å². The Morgan fingerprint density at radius 1 is 1.17 bits per heavy atom. The summed E-state index contributed by atoms with van der Waals surface area (Å²) in [4.78, 5) is 30.6. The number of carbonyl (C=O) groups is 1. The first-order valence-corrected chi connectivity index (χ1v) is 11.1. The second kappa shape index (κ2) is 7.45. The second-order valence-corrected chi connectivity index (χ2v) is 9.81. The van der Waals surface area contributed by atoms with Gasteiger partial charge in [-0.2, -0.15) is 0 Å². The molecule has 1 amide bonds. The largest absolute Gasteiger partial charge is 0.390 e. The number of pyridine rings is 1. The van der Waals surface area contributed by atoms with Crippen molar-refractivity contribution in [3.05, 3.63) is 39.4 Å². The number of anilines is 1. The Morgan fingerprint density at radius 2 is 1.83 bits per heavy atom. The van der Waals surface area contributed by atoms with Crippen LogP contribution in [0.3, 0.4) is 0 Å². The van der Waals surface area contributed by atoms with Crippen molar-refractivity contribution >= 4 is 29.5 Å². The summed E-state index contributed by atoms with van der Waals surface area (Å²) in [7, 11) is 0. The van der Waals surface area contributed by atoms with Crippen molar-refractivity contribution in [2.75, 3.05) is 5.32 Å². The molecule has 2 fully saturated rings. The number of carbonyl (C=O) groups excluding carboxylic acids is 1. The Kier molecular flexibility index (Phi) is 5.21. The van der Waals surface area contributed by atoms with Gasteiger partial charge in [0.05, 0.1) is 16.9 Å². The second-order valence-electron chi connectivity index (χ2n) is 9.40. The maximum Gasteiger partial charge on any atom is 0.276 e. The lowest BCUT2D eigenvalue weighted by atomic mass is 9.68. The van der Waals surface area contributed by atoms with Crippen molar-refractivity contribution in [3.8, 4) is 0 Å². The van der Waals surface area contributed by atoms with Crippen LogP contribution in [0, 0.1) is 5.41 Å². The molecule has 0 aromatic carbocycles. The van der Waals surface area contributed by atoms with Crippen molar-refractivity contribution < 1.29 is 4.79 Å². The van der Waals surface area contributed by atoms with E-state index in [-0.39, 0.29) is 28.1 Å². The molecule has 1 atom stereocenters. The molecule has 7 nitrogen and oxygen atoms in total. The highest BCUT2D eigenvalue weighted by Crippen LogP contribution is 2.50. The molecule has 8 heteroatoms. The molecular formula is C22H30ClN5O2. The third-order valence-corrected chi connectivity index (χ3v) is 7.51. The van der Waals surface area contributed by atoms with Gasteiger partial charge in [-0.25, -0.2) is 4.99 Å². The minimum absolute atomic E-state index is 0.204. The van der Waals surface area contributed by atoms with Crippen LogP contribution in [0.4, 0.5) is 5.69 Å². The zero-order valence-electron chi connectivity index (χ0n) is 17.6. The molecule has 1 unspecified atom stereocenters. The monoisotopic (exact) mass is 431 g/mol. The number of rotatable bonds is 4. The van der Waals surface area contributed by atoms with E-state index in [9.17, 15) is 9.59 Å². The summed E-state index contributed by atoms with van der Waals surface area (Å²) in [6, 6.07) is 1.60. The Morgan fingerprint density at radius 3 is 2.50 bits per heavy atom. The van der Waals surface area contributed by atoms with E-state index in [4.69, 9.17) is 17.3 Å². The smallest absolute Gasteiger partial charge is 0.276 e. The SMILES string of the molecule is CC1(C)CCCCC12NC(=O)c1c(Cl)cc(NC3(/C=C\N=C/N)CCCC3)c(=O)n12. The average Bonchev–Trinajstić information content (AvgIpc) is 3.26. The van der Waals surface area contributed by atoms with Crippen LogP contribution in [0.1, 0.15) is 75.7 Å². The zero-order valence-corrected chi connectivity index (χ0v) is 18.4. The van der Waals surface area contributed by atoms with Gasteiger partial charge in [0.25, 0.3) is 11.5 Å². The molecule has 0 saturated heterocycles. The number of hydrogen-bond donors (Lipinski definition) is 3. The minimum atomic E-state index is -0.751. The summed E-state index contributed by atoms with van der Waals surface area (Å²) in [6.07, 6.45) is 12.4. The van der Waals surface area contributed by atoms with E-state index in [0.717, 1.165) is 44.9 Å². The van der Waals surface area contributed by atoms with Crippen LogP contribution in [0.25, 0.3) is 0 Å². The molecule has 4 N–H and O–H groups in total. The molecule has 0 bridgehead atoms. The summed E-state index contributed by atoms with van der Waals surface area (Å²) in [5.41, 5.74) is 4.45. The Balaban J connectivity index is 1.84. The molecule has 3 aliphatic rings.